The smallest absolute Gasteiger partial charge is 0.261 e. The minimum Gasteiger partial charge on any atom is -0.330 e. The number of aryl methyl sites for hydroxylation is 2. The van der Waals surface area contributed by atoms with Gasteiger partial charge in [0, 0.05) is 5.69 Å². The molecular formula is C16H20N2O2S. The SMILES string of the molecule is Cc1cc(C)cc(NS(=O)(=O)c2ccc(CCN)cc2)c1. The van der Waals surface area contributed by atoms with E-state index in [1.807, 2.05) is 32.0 Å². The van der Waals surface area contributed by atoms with Gasteiger partial charge in [-0.3, -0.25) is 4.72 Å². The van der Waals surface area contributed by atoms with Gasteiger partial charge in [0.25, 0.3) is 10.0 Å². The molecule has 0 bridgehead atoms. The molecule has 0 aliphatic rings. The highest BCUT2D eigenvalue weighted by atomic mass is 32.2. The van der Waals surface area contributed by atoms with Crippen LogP contribution in [0.1, 0.15) is 16.7 Å². The van der Waals surface area contributed by atoms with Crippen LogP contribution in [0.5, 0.6) is 0 Å². The first-order valence-electron chi connectivity index (χ1n) is 6.81. The van der Waals surface area contributed by atoms with Crippen molar-refractivity contribution in [2.24, 2.45) is 5.73 Å². The summed E-state index contributed by atoms with van der Waals surface area (Å²) in [6.07, 6.45) is 0.741. The third kappa shape index (κ3) is 4.06. The first kappa shape index (κ1) is 15.5. The highest BCUT2D eigenvalue weighted by Gasteiger charge is 2.14. The number of hydrogen-bond acceptors (Lipinski definition) is 3. The van der Waals surface area contributed by atoms with Crippen LogP contribution in [0, 0.1) is 13.8 Å². The van der Waals surface area contributed by atoms with E-state index >= 15 is 0 Å². The van der Waals surface area contributed by atoms with Gasteiger partial charge in [0.1, 0.15) is 0 Å². The van der Waals surface area contributed by atoms with Crippen LogP contribution in [0.3, 0.4) is 0 Å². The molecule has 5 heteroatoms. The van der Waals surface area contributed by atoms with Crippen LogP contribution in [-0.2, 0) is 16.4 Å². The molecule has 0 spiro atoms. The van der Waals surface area contributed by atoms with Crippen LogP contribution >= 0.6 is 0 Å². The molecule has 0 aliphatic carbocycles. The fraction of sp³-hybridized carbons (Fsp3) is 0.250. The molecular weight excluding hydrogens is 284 g/mol. The quantitative estimate of drug-likeness (QED) is 0.892. The van der Waals surface area contributed by atoms with Crippen molar-refractivity contribution in [1.29, 1.82) is 0 Å². The molecule has 2 aromatic carbocycles. The zero-order valence-corrected chi connectivity index (χ0v) is 13.1. The molecule has 3 N–H and O–H groups in total. The zero-order valence-electron chi connectivity index (χ0n) is 12.3. The van der Waals surface area contributed by atoms with Gasteiger partial charge in [-0.2, -0.15) is 0 Å². The standard InChI is InChI=1S/C16H20N2O2S/c1-12-9-13(2)11-15(10-12)18-21(19,20)16-5-3-14(4-6-16)7-8-17/h3-6,9-11,18H,7-8,17H2,1-2H3. The van der Waals surface area contributed by atoms with Gasteiger partial charge in [0.15, 0.2) is 0 Å². The Kier molecular flexibility index (Phi) is 4.65. The average Bonchev–Trinajstić information content (AvgIpc) is 2.38. The Balaban J connectivity index is 2.25. The predicted octanol–water partition coefficient (Wildman–Crippen LogP) is 2.61. The fourth-order valence-corrected chi connectivity index (χ4v) is 3.29. The number of nitrogens with two attached hydrogens (primary N) is 1. The second-order valence-electron chi connectivity index (χ2n) is 5.16. The van der Waals surface area contributed by atoms with E-state index < -0.39 is 10.0 Å². The van der Waals surface area contributed by atoms with E-state index in [2.05, 4.69) is 4.72 Å². The Labute approximate surface area is 126 Å². The van der Waals surface area contributed by atoms with E-state index in [9.17, 15) is 8.42 Å². The molecule has 21 heavy (non-hydrogen) atoms. The molecule has 112 valence electrons. The summed E-state index contributed by atoms with van der Waals surface area (Å²) in [6, 6.07) is 12.4. The van der Waals surface area contributed by atoms with E-state index in [1.54, 1.807) is 24.3 Å². The predicted molar refractivity (Wildman–Crippen MR) is 85.9 cm³/mol. The van der Waals surface area contributed by atoms with Crippen molar-refractivity contribution in [2.45, 2.75) is 25.2 Å². The van der Waals surface area contributed by atoms with Crippen LogP contribution < -0.4 is 10.5 Å². The number of anilines is 1. The molecule has 0 fully saturated rings. The molecule has 0 unspecified atom stereocenters. The number of hydrogen-bond donors (Lipinski definition) is 2. The second-order valence-corrected chi connectivity index (χ2v) is 6.85. The summed E-state index contributed by atoms with van der Waals surface area (Å²) in [5.41, 5.74) is 9.14. The monoisotopic (exact) mass is 304 g/mol. The molecule has 0 amide bonds. The van der Waals surface area contributed by atoms with Gasteiger partial charge in [0.2, 0.25) is 0 Å². The molecule has 0 atom stereocenters. The molecule has 2 rings (SSSR count). The minimum atomic E-state index is -3.56. The lowest BCUT2D eigenvalue weighted by molar-refractivity contribution is 0.601. The minimum absolute atomic E-state index is 0.252. The molecule has 0 saturated heterocycles. The number of benzene rings is 2. The van der Waals surface area contributed by atoms with Gasteiger partial charge in [-0.05, 0) is 67.8 Å². The maximum Gasteiger partial charge on any atom is 0.261 e. The summed E-state index contributed by atoms with van der Waals surface area (Å²) in [5, 5.41) is 0. The van der Waals surface area contributed by atoms with Gasteiger partial charge in [-0.15, -0.1) is 0 Å². The van der Waals surface area contributed by atoms with Crippen molar-refractivity contribution in [3.63, 3.8) is 0 Å². The Morgan fingerprint density at radius 1 is 1.00 bits per heavy atom. The van der Waals surface area contributed by atoms with E-state index in [1.165, 1.54) is 0 Å². The van der Waals surface area contributed by atoms with Crippen molar-refractivity contribution in [3.8, 4) is 0 Å². The summed E-state index contributed by atoms with van der Waals surface area (Å²) >= 11 is 0. The highest BCUT2D eigenvalue weighted by molar-refractivity contribution is 7.92. The maximum atomic E-state index is 12.4. The van der Waals surface area contributed by atoms with Crippen molar-refractivity contribution in [1.82, 2.24) is 0 Å². The summed E-state index contributed by atoms with van der Waals surface area (Å²) in [5.74, 6) is 0. The number of sulfonamides is 1. The molecule has 0 heterocycles. The first-order valence-corrected chi connectivity index (χ1v) is 8.29. The summed E-state index contributed by atoms with van der Waals surface area (Å²) in [4.78, 5) is 0.252. The third-order valence-corrected chi connectivity index (χ3v) is 4.54. The normalized spacial score (nSPS) is 11.4. The highest BCUT2D eigenvalue weighted by Crippen LogP contribution is 2.19. The van der Waals surface area contributed by atoms with Crippen LogP contribution in [0.2, 0.25) is 0 Å². The Morgan fingerprint density at radius 2 is 1.57 bits per heavy atom. The lowest BCUT2D eigenvalue weighted by Crippen LogP contribution is -2.13. The number of rotatable bonds is 5. The van der Waals surface area contributed by atoms with Crippen LogP contribution in [0.15, 0.2) is 47.4 Å². The van der Waals surface area contributed by atoms with Gasteiger partial charge in [0.05, 0.1) is 4.90 Å². The first-order chi connectivity index (χ1) is 9.90. The molecule has 0 aliphatic heterocycles. The molecule has 4 nitrogen and oxygen atoms in total. The van der Waals surface area contributed by atoms with Crippen molar-refractivity contribution in [2.75, 3.05) is 11.3 Å². The molecule has 0 aromatic heterocycles. The molecule has 0 radical (unpaired) electrons. The van der Waals surface area contributed by atoms with Gasteiger partial charge >= 0.3 is 0 Å². The Hall–Kier alpha value is -1.85. The second kappa shape index (κ2) is 6.28. The Morgan fingerprint density at radius 3 is 2.10 bits per heavy atom. The molecule has 0 saturated carbocycles. The third-order valence-electron chi connectivity index (χ3n) is 3.14. The van der Waals surface area contributed by atoms with Crippen molar-refractivity contribution in [3.05, 3.63) is 59.2 Å². The summed E-state index contributed by atoms with van der Waals surface area (Å²) in [6.45, 7) is 4.42. The number of nitrogens with one attached hydrogen (secondary N) is 1. The molecule has 2 aromatic rings. The van der Waals surface area contributed by atoms with Crippen LogP contribution in [-0.4, -0.2) is 15.0 Å². The zero-order chi connectivity index (χ0) is 15.5. The maximum absolute atomic E-state index is 12.4. The van der Waals surface area contributed by atoms with E-state index in [0.717, 1.165) is 23.1 Å². The van der Waals surface area contributed by atoms with Gasteiger partial charge in [-0.25, -0.2) is 8.42 Å². The van der Waals surface area contributed by atoms with Gasteiger partial charge < -0.3 is 5.73 Å². The van der Waals surface area contributed by atoms with Crippen LogP contribution in [0.4, 0.5) is 5.69 Å². The largest absolute Gasteiger partial charge is 0.330 e. The lowest BCUT2D eigenvalue weighted by Gasteiger charge is -2.10. The average molecular weight is 304 g/mol. The summed E-state index contributed by atoms with van der Waals surface area (Å²) in [7, 11) is -3.56. The van der Waals surface area contributed by atoms with E-state index in [4.69, 9.17) is 5.73 Å². The van der Waals surface area contributed by atoms with Gasteiger partial charge in [-0.1, -0.05) is 18.2 Å². The summed E-state index contributed by atoms with van der Waals surface area (Å²) < 4.78 is 27.3. The fourth-order valence-electron chi connectivity index (χ4n) is 2.25. The van der Waals surface area contributed by atoms with E-state index in [0.29, 0.717) is 12.2 Å². The van der Waals surface area contributed by atoms with E-state index in [-0.39, 0.29) is 4.90 Å². The topological polar surface area (TPSA) is 72.2 Å². The lowest BCUT2D eigenvalue weighted by atomic mass is 10.1. The van der Waals surface area contributed by atoms with Crippen molar-refractivity contribution >= 4 is 15.7 Å². The van der Waals surface area contributed by atoms with Crippen molar-refractivity contribution < 1.29 is 8.42 Å². The van der Waals surface area contributed by atoms with Crippen LogP contribution in [0.25, 0.3) is 0 Å². The Bertz CT molecular complexity index is 702.